The highest BCUT2D eigenvalue weighted by Gasteiger charge is 1.99. The molecule has 1 rings (SSSR count). The molecule has 2 amide bonds. The molecule has 1 heterocycles. The predicted molar refractivity (Wildman–Crippen MR) is 47.0 cm³/mol. The van der Waals surface area contributed by atoms with Crippen molar-refractivity contribution in [3.63, 3.8) is 0 Å². The van der Waals surface area contributed by atoms with E-state index in [1.165, 1.54) is 11.3 Å². The Labute approximate surface area is 73.3 Å². The minimum Gasteiger partial charge on any atom is -0.350 e. The van der Waals surface area contributed by atoms with Crippen LogP contribution in [-0.2, 0) is 0 Å². The summed E-state index contributed by atoms with van der Waals surface area (Å²) in [5.74, 6) is 0. The van der Waals surface area contributed by atoms with E-state index in [1.54, 1.807) is 13.1 Å². The lowest BCUT2D eigenvalue weighted by molar-refractivity contribution is 0.249. The van der Waals surface area contributed by atoms with E-state index in [9.17, 15) is 4.79 Å². The number of urea groups is 1. The Hall–Kier alpha value is -1.43. The van der Waals surface area contributed by atoms with E-state index in [-0.39, 0.29) is 0 Å². The number of hydrazone groups is 1. The number of hydrogen-bond donors (Lipinski definition) is 2. The number of nitrogens with zero attached hydrogens (tertiary/aromatic N) is 2. The Kier molecular flexibility index (Phi) is 2.76. The molecule has 0 unspecified atom stereocenters. The fourth-order valence-corrected chi connectivity index (χ4v) is 1.18. The van der Waals surface area contributed by atoms with E-state index in [4.69, 9.17) is 5.73 Å². The summed E-state index contributed by atoms with van der Waals surface area (Å²) in [5, 5.41) is 6.31. The van der Waals surface area contributed by atoms with Gasteiger partial charge in [-0.3, -0.25) is 0 Å². The zero-order chi connectivity index (χ0) is 8.97. The molecule has 0 atom stereocenters. The molecule has 64 valence electrons. The lowest BCUT2D eigenvalue weighted by Gasteiger charge is -1.94. The van der Waals surface area contributed by atoms with Gasteiger partial charge in [0, 0.05) is 11.6 Å². The molecule has 0 spiro atoms. The van der Waals surface area contributed by atoms with Gasteiger partial charge in [-0.1, -0.05) is 0 Å². The van der Waals surface area contributed by atoms with Gasteiger partial charge in [0.2, 0.25) is 0 Å². The molecule has 0 aliphatic carbocycles. The van der Waals surface area contributed by atoms with Gasteiger partial charge in [-0.05, 0) is 6.92 Å². The number of amides is 2. The highest BCUT2D eigenvalue weighted by molar-refractivity contribution is 7.11. The Bertz CT molecular complexity index is 293. The maximum Gasteiger partial charge on any atom is 0.332 e. The van der Waals surface area contributed by atoms with Crippen molar-refractivity contribution in [1.29, 1.82) is 0 Å². The summed E-state index contributed by atoms with van der Waals surface area (Å²) in [6, 6.07) is -0.675. The third-order valence-electron chi connectivity index (χ3n) is 1.08. The van der Waals surface area contributed by atoms with E-state index in [0.29, 0.717) is 5.71 Å². The van der Waals surface area contributed by atoms with Crippen LogP contribution in [0, 0.1) is 0 Å². The van der Waals surface area contributed by atoms with Gasteiger partial charge in [0.15, 0.2) is 0 Å². The van der Waals surface area contributed by atoms with E-state index >= 15 is 0 Å². The number of nitrogens with one attached hydrogen (secondary N) is 1. The van der Waals surface area contributed by atoms with Crippen LogP contribution in [0.1, 0.15) is 11.9 Å². The van der Waals surface area contributed by atoms with Gasteiger partial charge in [-0.25, -0.2) is 15.2 Å². The summed E-state index contributed by atoms with van der Waals surface area (Å²) in [7, 11) is 0. The predicted octanol–water partition coefficient (Wildman–Crippen LogP) is 0.535. The van der Waals surface area contributed by atoms with Gasteiger partial charge in [-0.2, -0.15) is 5.10 Å². The number of thiazole rings is 1. The number of hydrogen-bond acceptors (Lipinski definition) is 4. The van der Waals surface area contributed by atoms with Crippen LogP contribution >= 0.6 is 11.3 Å². The molecule has 0 saturated heterocycles. The monoisotopic (exact) mass is 184 g/mol. The third kappa shape index (κ3) is 2.31. The smallest absolute Gasteiger partial charge is 0.332 e. The average molecular weight is 184 g/mol. The first-order valence-corrected chi connectivity index (χ1v) is 4.07. The molecule has 0 saturated carbocycles. The highest BCUT2D eigenvalue weighted by Crippen LogP contribution is 2.04. The first kappa shape index (κ1) is 8.66. The Balaban J connectivity index is 2.65. The van der Waals surface area contributed by atoms with E-state index in [1.807, 2.05) is 5.38 Å². The summed E-state index contributed by atoms with van der Waals surface area (Å²) in [4.78, 5) is 14.3. The molecule has 0 radical (unpaired) electrons. The molecule has 0 bridgehead atoms. The van der Waals surface area contributed by atoms with Crippen LogP contribution in [0.3, 0.4) is 0 Å². The normalized spacial score (nSPS) is 11.2. The zero-order valence-electron chi connectivity index (χ0n) is 6.44. The lowest BCUT2D eigenvalue weighted by atomic mass is 10.5. The van der Waals surface area contributed by atoms with Crippen LogP contribution in [0.15, 0.2) is 16.7 Å². The van der Waals surface area contributed by atoms with Crippen LogP contribution in [0.4, 0.5) is 4.79 Å². The van der Waals surface area contributed by atoms with Crippen molar-refractivity contribution >= 4 is 23.1 Å². The van der Waals surface area contributed by atoms with Gasteiger partial charge in [0.25, 0.3) is 0 Å². The second kappa shape index (κ2) is 3.82. The van der Waals surface area contributed by atoms with Crippen molar-refractivity contribution in [3.05, 3.63) is 16.6 Å². The van der Waals surface area contributed by atoms with Crippen LogP contribution in [0.5, 0.6) is 0 Å². The SMILES string of the molecule is CC(=NNC(N)=O)c1nccs1. The van der Waals surface area contributed by atoms with Crippen LogP contribution in [-0.4, -0.2) is 16.7 Å². The Morgan fingerprint density at radius 2 is 2.58 bits per heavy atom. The van der Waals surface area contributed by atoms with Crippen molar-refractivity contribution < 1.29 is 4.79 Å². The Morgan fingerprint density at radius 3 is 3.08 bits per heavy atom. The maximum atomic E-state index is 10.3. The molecule has 12 heavy (non-hydrogen) atoms. The highest BCUT2D eigenvalue weighted by atomic mass is 32.1. The van der Waals surface area contributed by atoms with E-state index < -0.39 is 6.03 Å². The molecule has 5 nitrogen and oxygen atoms in total. The second-order valence-corrected chi connectivity index (χ2v) is 2.91. The molecular formula is C6H8N4OS. The van der Waals surface area contributed by atoms with Crippen LogP contribution < -0.4 is 11.2 Å². The summed E-state index contributed by atoms with van der Waals surface area (Å²) < 4.78 is 0. The first-order valence-electron chi connectivity index (χ1n) is 3.19. The van der Waals surface area contributed by atoms with Gasteiger partial charge in [0.1, 0.15) is 5.01 Å². The number of rotatable bonds is 2. The van der Waals surface area contributed by atoms with Crippen molar-refractivity contribution in [2.75, 3.05) is 0 Å². The fraction of sp³-hybridized carbons (Fsp3) is 0.167. The number of nitrogens with two attached hydrogens (primary N) is 1. The van der Waals surface area contributed by atoms with Crippen molar-refractivity contribution in [1.82, 2.24) is 10.4 Å². The summed E-state index contributed by atoms with van der Waals surface area (Å²) in [6.07, 6.45) is 1.67. The molecule has 1 aromatic heterocycles. The number of carbonyl (C=O) groups is 1. The number of aromatic nitrogens is 1. The number of carbonyl (C=O) groups excluding carboxylic acids is 1. The van der Waals surface area contributed by atoms with Crippen molar-refractivity contribution in [2.45, 2.75) is 6.92 Å². The molecule has 0 aliphatic heterocycles. The topological polar surface area (TPSA) is 80.4 Å². The molecule has 0 aliphatic rings. The van der Waals surface area contributed by atoms with E-state index in [2.05, 4.69) is 15.5 Å². The standard InChI is InChI=1S/C6H8N4OS/c1-4(9-10-6(7)11)5-8-2-3-12-5/h2-3H,1H3,(H3,7,10,11). The Morgan fingerprint density at radius 1 is 1.83 bits per heavy atom. The van der Waals surface area contributed by atoms with Crippen LogP contribution in [0.25, 0.3) is 0 Å². The van der Waals surface area contributed by atoms with Gasteiger partial charge in [-0.15, -0.1) is 11.3 Å². The quantitative estimate of drug-likeness (QED) is 0.519. The first-order chi connectivity index (χ1) is 5.70. The van der Waals surface area contributed by atoms with Gasteiger partial charge in [0.05, 0.1) is 5.71 Å². The molecule has 0 aromatic carbocycles. The summed E-state index contributed by atoms with van der Waals surface area (Å²) >= 11 is 1.45. The second-order valence-electron chi connectivity index (χ2n) is 2.01. The lowest BCUT2D eigenvalue weighted by Crippen LogP contribution is -2.25. The molecule has 6 heteroatoms. The fourth-order valence-electron chi connectivity index (χ4n) is 0.589. The molecule has 0 fully saturated rings. The minimum atomic E-state index is -0.675. The van der Waals surface area contributed by atoms with Gasteiger partial charge >= 0.3 is 6.03 Å². The molecule has 3 N–H and O–H groups in total. The van der Waals surface area contributed by atoms with Gasteiger partial charge < -0.3 is 5.73 Å². The van der Waals surface area contributed by atoms with Crippen LogP contribution in [0.2, 0.25) is 0 Å². The van der Waals surface area contributed by atoms with Crippen molar-refractivity contribution in [3.8, 4) is 0 Å². The van der Waals surface area contributed by atoms with E-state index in [0.717, 1.165) is 5.01 Å². The number of primary amides is 1. The largest absolute Gasteiger partial charge is 0.350 e. The third-order valence-corrected chi connectivity index (χ3v) is 1.96. The summed E-state index contributed by atoms with van der Waals surface area (Å²) in [6.45, 7) is 1.74. The molecule has 1 aromatic rings. The molecular weight excluding hydrogens is 176 g/mol. The summed E-state index contributed by atoms with van der Waals surface area (Å²) in [5.41, 5.74) is 7.59. The minimum absolute atomic E-state index is 0.642. The average Bonchev–Trinajstić information content (AvgIpc) is 2.51. The zero-order valence-corrected chi connectivity index (χ0v) is 7.26. The maximum absolute atomic E-state index is 10.3. The van der Waals surface area contributed by atoms with Crippen molar-refractivity contribution in [2.24, 2.45) is 10.8 Å².